The zero-order valence-electron chi connectivity index (χ0n) is 9.61. The lowest BCUT2D eigenvalue weighted by Crippen LogP contribution is -2.12. The van der Waals surface area contributed by atoms with Crippen molar-refractivity contribution in [2.45, 2.75) is 6.29 Å². The van der Waals surface area contributed by atoms with E-state index in [2.05, 4.69) is 4.99 Å². The van der Waals surface area contributed by atoms with Crippen LogP contribution in [0.2, 0.25) is 0 Å². The highest BCUT2D eigenvalue weighted by Gasteiger charge is 2.14. The molecule has 6 heteroatoms. The first-order valence-corrected chi connectivity index (χ1v) is 5.39. The molecule has 1 aromatic carbocycles. The summed E-state index contributed by atoms with van der Waals surface area (Å²) in [5.74, 6) is -0.140. The van der Waals surface area contributed by atoms with Gasteiger partial charge in [0.1, 0.15) is 11.7 Å². The Balaban J connectivity index is 3.01. The van der Waals surface area contributed by atoms with Gasteiger partial charge in [-0.2, -0.15) is 0 Å². The summed E-state index contributed by atoms with van der Waals surface area (Å²) >= 11 is 5.48. The number of aliphatic imine (C=N–C) groups is 1. The average Bonchev–Trinajstić information content (AvgIpc) is 2.33. The van der Waals surface area contributed by atoms with Crippen LogP contribution in [0.3, 0.4) is 0 Å². The molecule has 0 bridgehead atoms. The second-order valence-electron chi connectivity index (χ2n) is 3.25. The third-order valence-corrected chi connectivity index (χ3v) is 2.35. The molecule has 94 valence electrons. The van der Waals surface area contributed by atoms with Gasteiger partial charge in [0.05, 0.1) is 11.6 Å². The molecule has 4 nitrogen and oxygen atoms in total. The molecule has 0 aliphatic carbocycles. The standard InChI is InChI=1S/C11H14ClFN2O2/c1-16-11(17-2)8-4-3-7(5-9(8)13)15-10(14)6-12/h3-5,11H,6H2,1-2H3,(H2,14,15). The molecule has 0 atom stereocenters. The number of methoxy groups -OCH3 is 2. The molecule has 0 aliphatic rings. The van der Waals surface area contributed by atoms with E-state index < -0.39 is 12.1 Å². The fourth-order valence-electron chi connectivity index (χ4n) is 1.32. The Labute approximate surface area is 104 Å². The zero-order valence-corrected chi connectivity index (χ0v) is 10.4. The van der Waals surface area contributed by atoms with Crippen LogP contribution < -0.4 is 5.73 Å². The summed E-state index contributed by atoms with van der Waals surface area (Å²) in [6.07, 6.45) is -0.738. The topological polar surface area (TPSA) is 56.8 Å². The maximum absolute atomic E-state index is 13.7. The van der Waals surface area contributed by atoms with Crippen molar-refractivity contribution in [1.82, 2.24) is 0 Å². The molecule has 0 amide bonds. The van der Waals surface area contributed by atoms with Crippen LogP contribution in [0.5, 0.6) is 0 Å². The van der Waals surface area contributed by atoms with Crippen molar-refractivity contribution in [3.05, 3.63) is 29.6 Å². The van der Waals surface area contributed by atoms with Crippen LogP contribution in [-0.4, -0.2) is 25.9 Å². The average molecular weight is 261 g/mol. The molecular formula is C11H14ClFN2O2. The van der Waals surface area contributed by atoms with E-state index in [4.69, 9.17) is 26.8 Å². The summed E-state index contributed by atoms with van der Waals surface area (Å²) in [6, 6.07) is 4.40. The van der Waals surface area contributed by atoms with Gasteiger partial charge in [0.15, 0.2) is 6.29 Å². The summed E-state index contributed by atoms with van der Waals surface area (Å²) < 4.78 is 23.7. The lowest BCUT2D eigenvalue weighted by molar-refractivity contribution is -0.107. The van der Waals surface area contributed by atoms with Gasteiger partial charge in [0.2, 0.25) is 0 Å². The van der Waals surface area contributed by atoms with Crippen LogP contribution in [0.25, 0.3) is 0 Å². The molecule has 0 fully saturated rings. The number of nitrogens with zero attached hydrogens (tertiary/aromatic N) is 1. The third kappa shape index (κ3) is 3.66. The Morgan fingerprint density at radius 3 is 2.59 bits per heavy atom. The van der Waals surface area contributed by atoms with E-state index in [1.807, 2.05) is 0 Å². The van der Waals surface area contributed by atoms with E-state index in [9.17, 15) is 4.39 Å². The summed E-state index contributed by atoms with van der Waals surface area (Å²) in [4.78, 5) is 3.93. The van der Waals surface area contributed by atoms with Gasteiger partial charge in [0, 0.05) is 25.8 Å². The maximum Gasteiger partial charge on any atom is 0.185 e. The maximum atomic E-state index is 13.7. The number of amidine groups is 1. The second-order valence-corrected chi connectivity index (χ2v) is 3.51. The quantitative estimate of drug-likeness (QED) is 0.383. The molecule has 0 aromatic heterocycles. The molecule has 1 rings (SSSR count). The first kappa shape index (κ1) is 13.9. The van der Waals surface area contributed by atoms with Crippen molar-refractivity contribution >= 4 is 23.1 Å². The number of rotatable bonds is 5. The highest BCUT2D eigenvalue weighted by molar-refractivity contribution is 6.28. The number of halogens is 2. The number of alkyl halides is 1. The largest absolute Gasteiger partial charge is 0.386 e. The first-order valence-electron chi connectivity index (χ1n) is 4.86. The SMILES string of the molecule is COC(OC)c1ccc(N=C(N)CCl)cc1F. The summed E-state index contributed by atoms with van der Waals surface area (Å²) in [5.41, 5.74) is 6.15. The fraction of sp³-hybridized carbons (Fsp3) is 0.364. The van der Waals surface area contributed by atoms with Crippen molar-refractivity contribution < 1.29 is 13.9 Å². The lowest BCUT2D eigenvalue weighted by atomic mass is 10.2. The van der Waals surface area contributed by atoms with Crippen LogP contribution in [-0.2, 0) is 9.47 Å². The second kappa shape index (κ2) is 6.54. The molecule has 2 N–H and O–H groups in total. The van der Waals surface area contributed by atoms with Gasteiger partial charge in [-0.05, 0) is 12.1 Å². The van der Waals surface area contributed by atoms with Crippen molar-refractivity contribution in [3.8, 4) is 0 Å². The van der Waals surface area contributed by atoms with Crippen LogP contribution in [0, 0.1) is 5.82 Å². The molecule has 0 heterocycles. The molecule has 1 aromatic rings. The van der Waals surface area contributed by atoms with E-state index in [-0.39, 0.29) is 11.7 Å². The number of ether oxygens (including phenoxy) is 2. The Morgan fingerprint density at radius 1 is 1.47 bits per heavy atom. The van der Waals surface area contributed by atoms with Crippen LogP contribution in [0.15, 0.2) is 23.2 Å². The van der Waals surface area contributed by atoms with E-state index in [1.165, 1.54) is 26.4 Å². The molecule has 0 saturated heterocycles. The minimum absolute atomic E-state index is 0.0993. The van der Waals surface area contributed by atoms with Gasteiger partial charge in [0.25, 0.3) is 0 Å². The summed E-state index contributed by atoms with van der Waals surface area (Å²) in [7, 11) is 2.87. The minimum atomic E-state index is -0.738. The van der Waals surface area contributed by atoms with Gasteiger partial charge in [-0.3, -0.25) is 0 Å². The Kier molecular flexibility index (Phi) is 5.34. The predicted molar refractivity (Wildman–Crippen MR) is 65.2 cm³/mol. The number of benzene rings is 1. The van der Waals surface area contributed by atoms with E-state index in [1.54, 1.807) is 6.07 Å². The van der Waals surface area contributed by atoms with Gasteiger partial charge in [-0.1, -0.05) is 0 Å². The summed E-state index contributed by atoms with van der Waals surface area (Å²) in [6.45, 7) is 0. The monoisotopic (exact) mass is 260 g/mol. The van der Waals surface area contributed by atoms with Crippen molar-refractivity contribution in [2.75, 3.05) is 20.1 Å². The zero-order chi connectivity index (χ0) is 12.8. The summed E-state index contributed by atoms with van der Waals surface area (Å²) in [5, 5.41) is 0. The highest BCUT2D eigenvalue weighted by Crippen LogP contribution is 2.24. The van der Waals surface area contributed by atoms with Gasteiger partial charge in [-0.15, -0.1) is 11.6 Å². The smallest absolute Gasteiger partial charge is 0.185 e. The Hall–Kier alpha value is -1.17. The molecule has 0 radical (unpaired) electrons. The molecular weight excluding hydrogens is 247 g/mol. The van der Waals surface area contributed by atoms with Crippen LogP contribution in [0.4, 0.5) is 10.1 Å². The molecule has 0 saturated carbocycles. The lowest BCUT2D eigenvalue weighted by Gasteiger charge is -2.14. The molecule has 0 unspecified atom stereocenters. The number of hydrogen-bond acceptors (Lipinski definition) is 3. The van der Waals surface area contributed by atoms with Crippen LogP contribution >= 0.6 is 11.6 Å². The van der Waals surface area contributed by atoms with Crippen LogP contribution in [0.1, 0.15) is 11.9 Å². The Bertz CT molecular complexity index is 408. The van der Waals surface area contributed by atoms with Crippen molar-refractivity contribution in [2.24, 2.45) is 10.7 Å². The van der Waals surface area contributed by atoms with Gasteiger partial charge >= 0.3 is 0 Å². The van der Waals surface area contributed by atoms with Gasteiger partial charge < -0.3 is 15.2 Å². The van der Waals surface area contributed by atoms with E-state index >= 15 is 0 Å². The first-order chi connectivity index (χ1) is 8.12. The molecule has 17 heavy (non-hydrogen) atoms. The highest BCUT2D eigenvalue weighted by atomic mass is 35.5. The molecule has 0 spiro atoms. The Morgan fingerprint density at radius 2 is 2.12 bits per heavy atom. The third-order valence-electron chi connectivity index (χ3n) is 2.08. The van der Waals surface area contributed by atoms with Crippen molar-refractivity contribution in [3.63, 3.8) is 0 Å². The van der Waals surface area contributed by atoms with E-state index in [0.29, 0.717) is 11.3 Å². The minimum Gasteiger partial charge on any atom is -0.386 e. The van der Waals surface area contributed by atoms with E-state index in [0.717, 1.165) is 0 Å². The number of hydrogen-bond donors (Lipinski definition) is 1. The number of nitrogens with two attached hydrogens (primary N) is 1. The fourth-order valence-corrected chi connectivity index (χ4v) is 1.38. The van der Waals surface area contributed by atoms with Crippen molar-refractivity contribution in [1.29, 1.82) is 0 Å². The molecule has 0 aliphatic heterocycles. The van der Waals surface area contributed by atoms with Gasteiger partial charge in [-0.25, -0.2) is 9.38 Å². The predicted octanol–water partition coefficient (Wildman–Crippen LogP) is 2.34. The normalized spacial score (nSPS) is 12.2.